The highest BCUT2D eigenvalue weighted by Gasteiger charge is 2.31. The standard InChI is InChI=1S/C11H16F3N5/c1-18(2)10(19(3)4)17-7-9-15-5-8(6-16-9)11(12,13)14/h5-6H,7H2,1-4H3. The summed E-state index contributed by atoms with van der Waals surface area (Å²) in [5.41, 5.74) is -0.860. The number of hydrogen-bond donors (Lipinski definition) is 0. The normalized spacial score (nSPS) is 11.1. The van der Waals surface area contributed by atoms with Gasteiger partial charge in [0.15, 0.2) is 5.96 Å². The Labute approximate surface area is 109 Å². The molecule has 1 rings (SSSR count). The van der Waals surface area contributed by atoms with Crippen molar-refractivity contribution in [3.05, 3.63) is 23.8 Å². The summed E-state index contributed by atoms with van der Waals surface area (Å²) >= 11 is 0. The van der Waals surface area contributed by atoms with Crippen molar-refractivity contribution in [3.8, 4) is 0 Å². The second-order valence-corrected chi connectivity index (χ2v) is 4.29. The minimum Gasteiger partial charge on any atom is -0.349 e. The van der Waals surface area contributed by atoms with Crippen LogP contribution >= 0.6 is 0 Å². The summed E-state index contributed by atoms with van der Waals surface area (Å²) < 4.78 is 37.0. The number of halogens is 3. The SMILES string of the molecule is CN(C)C(=NCc1ncc(C(F)(F)F)cn1)N(C)C. The molecule has 0 aromatic carbocycles. The quantitative estimate of drug-likeness (QED) is 0.605. The molecule has 0 atom stereocenters. The lowest BCUT2D eigenvalue weighted by Crippen LogP contribution is -2.35. The van der Waals surface area contributed by atoms with Gasteiger partial charge >= 0.3 is 6.18 Å². The third kappa shape index (κ3) is 4.38. The molecule has 8 heteroatoms. The second kappa shape index (κ2) is 5.85. The van der Waals surface area contributed by atoms with Crippen LogP contribution in [0.5, 0.6) is 0 Å². The Morgan fingerprint density at radius 3 is 1.95 bits per heavy atom. The van der Waals surface area contributed by atoms with E-state index in [2.05, 4.69) is 15.0 Å². The summed E-state index contributed by atoms with van der Waals surface area (Å²) in [4.78, 5) is 15.2. The first-order valence-corrected chi connectivity index (χ1v) is 5.49. The van der Waals surface area contributed by atoms with Crippen molar-refractivity contribution in [2.24, 2.45) is 4.99 Å². The molecule has 0 saturated heterocycles. The molecule has 106 valence electrons. The van der Waals surface area contributed by atoms with E-state index in [1.54, 1.807) is 9.80 Å². The molecule has 1 heterocycles. The number of hydrogen-bond acceptors (Lipinski definition) is 3. The average Bonchev–Trinajstić information content (AvgIpc) is 2.27. The zero-order valence-corrected chi connectivity index (χ0v) is 11.2. The van der Waals surface area contributed by atoms with Crippen LogP contribution in [0.3, 0.4) is 0 Å². The second-order valence-electron chi connectivity index (χ2n) is 4.29. The maximum atomic E-state index is 12.3. The van der Waals surface area contributed by atoms with Crippen molar-refractivity contribution >= 4 is 5.96 Å². The molecule has 0 N–H and O–H groups in total. The molecule has 0 spiro atoms. The molecule has 1 aromatic heterocycles. The van der Waals surface area contributed by atoms with Gasteiger partial charge in [-0.15, -0.1) is 0 Å². The van der Waals surface area contributed by atoms with E-state index >= 15 is 0 Å². The van der Waals surface area contributed by atoms with Gasteiger partial charge in [-0.1, -0.05) is 0 Å². The Balaban J connectivity index is 2.81. The van der Waals surface area contributed by atoms with Gasteiger partial charge in [-0.05, 0) is 0 Å². The molecule has 0 amide bonds. The van der Waals surface area contributed by atoms with Gasteiger partial charge in [0.1, 0.15) is 12.4 Å². The number of guanidine groups is 1. The van der Waals surface area contributed by atoms with Gasteiger partial charge in [0.05, 0.1) is 5.56 Å². The first-order valence-electron chi connectivity index (χ1n) is 5.49. The zero-order valence-electron chi connectivity index (χ0n) is 11.2. The van der Waals surface area contributed by atoms with Gasteiger partial charge < -0.3 is 9.80 Å². The van der Waals surface area contributed by atoms with E-state index in [1.807, 2.05) is 28.2 Å². The number of aliphatic imine (C=N–C) groups is 1. The molecule has 5 nitrogen and oxygen atoms in total. The molecule has 0 fully saturated rings. The minimum atomic E-state index is -4.42. The third-order valence-electron chi connectivity index (χ3n) is 2.19. The van der Waals surface area contributed by atoms with Gasteiger partial charge in [-0.2, -0.15) is 13.2 Å². The van der Waals surface area contributed by atoms with Crippen molar-refractivity contribution in [2.75, 3.05) is 28.2 Å². The maximum absolute atomic E-state index is 12.3. The van der Waals surface area contributed by atoms with Crippen LogP contribution in [0.15, 0.2) is 17.4 Å². The first-order chi connectivity index (χ1) is 8.71. The van der Waals surface area contributed by atoms with Crippen molar-refractivity contribution in [2.45, 2.75) is 12.7 Å². The van der Waals surface area contributed by atoms with E-state index in [0.29, 0.717) is 5.96 Å². The number of rotatable bonds is 2. The van der Waals surface area contributed by atoms with E-state index in [1.165, 1.54) is 0 Å². The molecule has 0 aliphatic carbocycles. The number of alkyl halides is 3. The van der Waals surface area contributed by atoms with E-state index < -0.39 is 11.7 Å². The van der Waals surface area contributed by atoms with Crippen LogP contribution in [0.1, 0.15) is 11.4 Å². The maximum Gasteiger partial charge on any atom is 0.419 e. The van der Waals surface area contributed by atoms with Gasteiger partial charge in [-0.25, -0.2) is 15.0 Å². The van der Waals surface area contributed by atoms with Crippen LogP contribution in [-0.2, 0) is 12.7 Å². The summed E-state index contributed by atoms with van der Waals surface area (Å²) in [6.07, 6.45) is -2.88. The van der Waals surface area contributed by atoms with Gasteiger partial charge in [0.2, 0.25) is 0 Å². The highest BCUT2D eigenvalue weighted by molar-refractivity contribution is 5.79. The molecule has 0 radical (unpaired) electrons. The molecular weight excluding hydrogens is 259 g/mol. The topological polar surface area (TPSA) is 44.6 Å². The van der Waals surface area contributed by atoms with Crippen LogP contribution in [0.2, 0.25) is 0 Å². The summed E-state index contributed by atoms with van der Waals surface area (Å²) in [5.74, 6) is 0.928. The molecule has 19 heavy (non-hydrogen) atoms. The monoisotopic (exact) mass is 275 g/mol. The first kappa shape index (κ1) is 15.2. The van der Waals surface area contributed by atoms with Gasteiger partial charge in [0.25, 0.3) is 0 Å². The fourth-order valence-corrected chi connectivity index (χ4v) is 1.41. The zero-order chi connectivity index (χ0) is 14.6. The lowest BCUT2D eigenvalue weighted by molar-refractivity contribution is -0.138. The van der Waals surface area contributed by atoms with Crippen molar-refractivity contribution < 1.29 is 13.2 Å². The predicted molar refractivity (Wildman–Crippen MR) is 65.5 cm³/mol. The Morgan fingerprint density at radius 2 is 1.58 bits per heavy atom. The van der Waals surface area contributed by atoms with E-state index in [4.69, 9.17) is 0 Å². The Bertz CT molecular complexity index is 427. The fourth-order valence-electron chi connectivity index (χ4n) is 1.41. The molecule has 0 unspecified atom stereocenters. The number of aromatic nitrogens is 2. The summed E-state index contributed by atoms with van der Waals surface area (Å²) in [5, 5.41) is 0. The van der Waals surface area contributed by atoms with Crippen molar-refractivity contribution in [1.29, 1.82) is 0 Å². The van der Waals surface area contributed by atoms with Crippen molar-refractivity contribution in [3.63, 3.8) is 0 Å². The Morgan fingerprint density at radius 1 is 1.11 bits per heavy atom. The van der Waals surface area contributed by atoms with Crippen molar-refractivity contribution in [1.82, 2.24) is 19.8 Å². The highest BCUT2D eigenvalue weighted by atomic mass is 19.4. The minimum absolute atomic E-state index is 0.129. The lowest BCUT2D eigenvalue weighted by atomic mass is 10.3. The highest BCUT2D eigenvalue weighted by Crippen LogP contribution is 2.27. The van der Waals surface area contributed by atoms with E-state index in [0.717, 1.165) is 12.4 Å². The summed E-state index contributed by atoms with van der Waals surface area (Å²) in [7, 11) is 7.30. The van der Waals surface area contributed by atoms with Gasteiger partial charge in [0, 0.05) is 40.6 Å². The summed E-state index contributed by atoms with van der Waals surface area (Å²) in [6.45, 7) is 0.129. The van der Waals surface area contributed by atoms with Crippen LogP contribution in [-0.4, -0.2) is 53.9 Å². The van der Waals surface area contributed by atoms with E-state index in [9.17, 15) is 13.2 Å². The molecule has 0 aliphatic heterocycles. The Kier molecular flexibility index (Phi) is 4.68. The molecule has 0 bridgehead atoms. The van der Waals surface area contributed by atoms with Crippen LogP contribution in [0, 0.1) is 0 Å². The van der Waals surface area contributed by atoms with Crippen LogP contribution < -0.4 is 0 Å². The van der Waals surface area contributed by atoms with Crippen LogP contribution in [0.4, 0.5) is 13.2 Å². The van der Waals surface area contributed by atoms with Gasteiger partial charge in [-0.3, -0.25) is 0 Å². The third-order valence-corrected chi connectivity index (χ3v) is 2.19. The van der Waals surface area contributed by atoms with E-state index in [-0.39, 0.29) is 12.4 Å². The van der Waals surface area contributed by atoms with Crippen LogP contribution in [0.25, 0.3) is 0 Å². The smallest absolute Gasteiger partial charge is 0.349 e. The Hall–Kier alpha value is -1.86. The molecule has 0 saturated carbocycles. The average molecular weight is 275 g/mol. The largest absolute Gasteiger partial charge is 0.419 e. The molecular formula is C11H16F3N5. The molecule has 0 aliphatic rings. The number of nitrogens with zero attached hydrogens (tertiary/aromatic N) is 5. The summed E-state index contributed by atoms with van der Waals surface area (Å²) in [6, 6.07) is 0. The predicted octanol–water partition coefficient (Wildman–Crippen LogP) is 1.47. The lowest BCUT2D eigenvalue weighted by Gasteiger charge is -2.22. The molecule has 1 aromatic rings. The fraction of sp³-hybridized carbons (Fsp3) is 0.545.